The third kappa shape index (κ3) is 4.20. The van der Waals surface area contributed by atoms with Gasteiger partial charge in [0.15, 0.2) is 0 Å². The highest BCUT2D eigenvalue weighted by Crippen LogP contribution is 2.26. The fourth-order valence-electron chi connectivity index (χ4n) is 2.97. The Balaban J connectivity index is 1.80. The van der Waals surface area contributed by atoms with Crippen LogP contribution in [0.2, 0.25) is 0 Å². The summed E-state index contributed by atoms with van der Waals surface area (Å²) in [6, 6.07) is 0. The van der Waals surface area contributed by atoms with Gasteiger partial charge in [0, 0.05) is 25.4 Å². The molecule has 0 spiro atoms. The quantitative estimate of drug-likeness (QED) is 0.660. The SMILES string of the molecule is O=C1CC(C(=O)NCC2(O)CCCCCC2)CCN1. The van der Waals surface area contributed by atoms with E-state index in [-0.39, 0.29) is 24.2 Å². The lowest BCUT2D eigenvalue weighted by atomic mass is 9.93. The van der Waals surface area contributed by atoms with E-state index in [1.54, 1.807) is 0 Å². The fourth-order valence-corrected chi connectivity index (χ4v) is 2.97. The van der Waals surface area contributed by atoms with Crippen molar-refractivity contribution in [3.05, 3.63) is 0 Å². The van der Waals surface area contributed by atoms with Crippen LogP contribution in [-0.2, 0) is 9.59 Å². The van der Waals surface area contributed by atoms with Gasteiger partial charge in [-0.2, -0.15) is 0 Å². The molecule has 2 fully saturated rings. The van der Waals surface area contributed by atoms with E-state index in [1.165, 1.54) is 12.8 Å². The maximum Gasteiger partial charge on any atom is 0.223 e. The zero-order valence-corrected chi connectivity index (χ0v) is 11.4. The second-order valence-corrected chi connectivity index (χ2v) is 5.90. The molecular formula is C14H24N2O3. The number of carbonyl (C=O) groups excluding carboxylic acids is 2. The highest BCUT2D eigenvalue weighted by molar-refractivity contribution is 5.86. The molecule has 2 rings (SSSR count). The third-order valence-corrected chi connectivity index (χ3v) is 4.24. The van der Waals surface area contributed by atoms with Crippen LogP contribution in [-0.4, -0.2) is 35.6 Å². The minimum Gasteiger partial charge on any atom is -0.388 e. The molecule has 0 bridgehead atoms. The summed E-state index contributed by atoms with van der Waals surface area (Å²) in [5, 5.41) is 16.0. The Bertz CT molecular complexity index is 336. The monoisotopic (exact) mass is 268 g/mol. The molecule has 1 aliphatic heterocycles. The minimum atomic E-state index is -0.747. The molecule has 1 atom stereocenters. The summed E-state index contributed by atoms with van der Waals surface area (Å²) in [5.74, 6) is -0.379. The maximum absolute atomic E-state index is 12.0. The number of piperidine rings is 1. The molecule has 0 aromatic heterocycles. The van der Waals surface area contributed by atoms with E-state index in [2.05, 4.69) is 10.6 Å². The second kappa shape index (κ2) is 6.37. The molecule has 1 heterocycles. The molecule has 5 heteroatoms. The summed E-state index contributed by atoms with van der Waals surface area (Å²) in [6.45, 7) is 0.894. The number of carbonyl (C=O) groups is 2. The van der Waals surface area contributed by atoms with E-state index in [4.69, 9.17) is 0 Å². The molecule has 1 aliphatic carbocycles. The zero-order chi connectivity index (χ0) is 13.7. The summed E-state index contributed by atoms with van der Waals surface area (Å²) < 4.78 is 0. The predicted molar refractivity (Wildman–Crippen MR) is 71.4 cm³/mol. The van der Waals surface area contributed by atoms with Crippen LogP contribution in [0.5, 0.6) is 0 Å². The molecule has 0 aromatic carbocycles. The van der Waals surface area contributed by atoms with Crippen LogP contribution in [0.4, 0.5) is 0 Å². The van der Waals surface area contributed by atoms with Gasteiger partial charge in [-0.15, -0.1) is 0 Å². The van der Waals surface area contributed by atoms with Crippen molar-refractivity contribution in [3.63, 3.8) is 0 Å². The molecule has 0 aromatic rings. The largest absolute Gasteiger partial charge is 0.388 e. The van der Waals surface area contributed by atoms with E-state index in [0.717, 1.165) is 25.7 Å². The fraction of sp³-hybridized carbons (Fsp3) is 0.857. The maximum atomic E-state index is 12.0. The van der Waals surface area contributed by atoms with E-state index >= 15 is 0 Å². The Kier molecular flexibility index (Phi) is 4.80. The standard InChI is InChI=1S/C14H24N2O3/c17-12-9-11(5-8-15-12)13(18)16-10-14(19)6-3-1-2-4-7-14/h11,19H,1-10H2,(H,15,17)(H,16,18). The molecule has 2 amide bonds. The highest BCUT2D eigenvalue weighted by atomic mass is 16.3. The van der Waals surface area contributed by atoms with Crippen molar-refractivity contribution in [1.82, 2.24) is 10.6 Å². The number of amides is 2. The first-order valence-electron chi connectivity index (χ1n) is 7.36. The van der Waals surface area contributed by atoms with Crippen LogP contribution in [0.25, 0.3) is 0 Å². The Hall–Kier alpha value is -1.10. The number of aliphatic hydroxyl groups is 1. The summed E-state index contributed by atoms with van der Waals surface area (Å²) >= 11 is 0. The first-order chi connectivity index (χ1) is 9.09. The van der Waals surface area contributed by atoms with Crippen molar-refractivity contribution in [1.29, 1.82) is 0 Å². The smallest absolute Gasteiger partial charge is 0.223 e. The van der Waals surface area contributed by atoms with Crippen molar-refractivity contribution in [3.8, 4) is 0 Å². The minimum absolute atomic E-state index is 0.0559. The Morgan fingerprint density at radius 2 is 2.00 bits per heavy atom. The number of rotatable bonds is 3. The number of hydrogen-bond acceptors (Lipinski definition) is 3. The Morgan fingerprint density at radius 1 is 1.32 bits per heavy atom. The van der Waals surface area contributed by atoms with Crippen LogP contribution in [0.1, 0.15) is 51.4 Å². The van der Waals surface area contributed by atoms with Crippen molar-refractivity contribution in [2.24, 2.45) is 5.92 Å². The van der Waals surface area contributed by atoms with E-state index in [9.17, 15) is 14.7 Å². The molecule has 108 valence electrons. The molecule has 1 saturated heterocycles. The van der Waals surface area contributed by atoms with E-state index in [1.807, 2.05) is 0 Å². The first kappa shape index (κ1) is 14.3. The van der Waals surface area contributed by atoms with Crippen LogP contribution >= 0.6 is 0 Å². The molecule has 1 saturated carbocycles. The zero-order valence-electron chi connectivity index (χ0n) is 11.4. The molecule has 3 N–H and O–H groups in total. The summed E-state index contributed by atoms with van der Waals surface area (Å²) in [5.41, 5.74) is -0.747. The van der Waals surface area contributed by atoms with Gasteiger partial charge < -0.3 is 15.7 Å². The van der Waals surface area contributed by atoms with Gasteiger partial charge in [-0.05, 0) is 19.3 Å². The van der Waals surface area contributed by atoms with E-state index in [0.29, 0.717) is 19.5 Å². The van der Waals surface area contributed by atoms with Crippen molar-refractivity contribution < 1.29 is 14.7 Å². The Labute approximate surface area is 114 Å². The molecule has 0 radical (unpaired) electrons. The third-order valence-electron chi connectivity index (χ3n) is 4.24. The van der Waals surface area contributed by atoms with Crippen molar-refractivity contribution >= 4 is 11.8 Å². The lowest BCUT2D eigenvalue weighted by Crippen LogP contribution is -2.47. The van der Waals surface area contributed by atoms with Gasteiger partial charge in [0.2, 0.25) is 11.8 Å². The topological polar surface area (TPSA) is 78.4 Å². The van der Waals surface area contributed by atoms with Gasteiger partial charge >= 0.3 is 0 Å². The van der Waals surface area contributed by atoms with Crippen molar-refractivity contribution in [2.75, 3.05) is 13.1 Å². The molecular weight excluding hydrogens is 244 g/mol. The van der Waals surface area contributed by atoms with Gasteiger partial charge in [-0.25, -0.2) is 0 Å². The van der Waals surface area contributed by atoms with Crippen LogP contribution < -0.4 is 10.6 Å². The average molecular weight is 268 g/mol. The highest BCUT2D eigenvalue weighted by Gasteiger charge is 2.31. The van der Waals surface area contributed by atoms with Crippen LogP contribution in [0.3, 0.4) is 0 Å². The lowest BCUT2D eigenvalue weighted by Gasteiger charge is -2.28. The number of hydrogen-bond donors (Lipinski definition) is 3. The molecule has 2 aliphatic rings. The van der Waals surface area contributed by atoms with Crippen LogP contribution in [0, 0.1) is 5.92 Å². The Morgan fingerprint density at radius 3 is 2.63 bits per heavy atom. The first-order valence-corrected chi connectivity index (χ1v) is 7.36. The normalized spacial score (nSPS) is 27.2. The molecule has 19 heavy (non-hydrogen) atoms. The molecule has 5 nitrogen and oxygen atoms in total. The molecule has 1 unspecified atom stereocenters. The van der Waals surface area contributed by atoms with Crippen LogP contribution in [0.15, 0.2) is 0 Å². The van der Waals surface area contributed by atoms with Crippen molar-refractivity contribution in [2.45, 2.75) is 57.0 Å². The van der Waals surface area contributed by atoms with Gasteiger partial charge in [0.25, 0.3) is 0 Å². The van der Waals surface area contributed by atoms with Gasteiger partial charge in [-0.1, -0.05) is 25.7 Å². The second-order valence-electron chi connectivity index (χ2n) is 5.90. The average Bonchev–Trinajstić information content (AvgIpc) is 2.61. The van der Waals surface area contributed by atoms with Gasteiger partial charge in [0.1, 0.15) is 0 Å². The summed E-state index contributed by atoms with van der Waals surface area (Å²) in [4.78, 5) is 23.3. The number of nitrogens with one attached hydrogen (secondary N) is 2. The summed E-state index contributed by atoms with van der Waals surface area (Å²) in [6.07, 6.45) is 6.87. The predicted octanol–water partition coefficient (Wildman–Crippen LogP) is 0.714. The van der Waals surface area contributed by atoms with E-state index < -0.39 is 5.60 Å². The summed E-state index contributed by atoms with van der Waals surface area (Å²) in [7, 11) is 0. The van der Waals surface area contributed by atoms with Gasteiger partial charge in [0.05, 0.1) is 5.60 Å². The van der Waals surface area contributed by atoms with Gasteiger partial charge in [-0.3, -0.25) is 9.59 Å². The lowest BCUT2D eigenvalue weighted by molar-refractivity contribution is -0.133.